The normalized spacial score (nSPS) is 10.8. The van der Waals surface area contributed by atoms with Crippen LogP contribution in [0.1, 0.15) is 13.8 Å². The Kier molecular flexibility index (Phi) is 3.35. The Morgan fingerprint density at radius 1 is 0.905 bits per heavy atom. The average molecular weight is 298 g/mol. The zero-order valence-electron chi connectivity index (χ0n) is 11.7. The van der Waals surface area contributed by atoms with E-state index < -0.39 is 0 Å². The molecule has 0 saturated heterocycles. The lowest BCUT2D eigenvalue weighted by Gasteiger charge is -2.12. The van der Waals surface area contributed by atoms with Crippen molar-refractivity contribution in [1.82, 2.24) is 0 Å². The molecule has 0 aliphatic heterocycles. The molecular formula is C16H14N2O2S. The maximum atomic E-state index is 11.5. The van der Waals surface area contributed by atoms with Gasteiger partial charge in [0.1, 0.15) is 0 Å². The summed E-state index contributed by atoms with van der Waals surface area (Å²) in [5.41, 5.74) is 1.28. The van der Waals surface area contributed by atoms with Crippen molar-refractivity contribution in [2.45, 2.75) is 13.8 Å². The molecule has 5 heteroatoms. The second-order valence-corrected chi connectivity index (χ2v) is 5.91. The van der Waals surface area contributed by atoms with E-state index in [4.69, 9.17) is 0 Å². The number of benzene rings is 2. The first-order valence-corrected chi connectivity index (χ1v) is 7.37. The lowest BCUT2D eigenvalue weighted by atomic mass is 10.1. The van der Waals surface area contributed by atoms with Crippen LogP contribution in [-0.4, -0.2) is 11.8 Å². The zero-order valence-corrected chi connectivity index (χ0v) is 12.5. The van der Waals surface area contributed by atoms with Crippen molar-refractivity contribution in [3.63, 3.8) is 0 Å². The first-order chi connectivity index (χ1) is 10.1. The summed E-state index contributed by atoms with van der Waals surface area (Å²) < 4.78 is 2.23. The van der Waals surface area contributed by atoms with E-state index in [1.807, 2.05) is 30.3 Å². The van der Waals surface area contributed by atoms with Crippen molar-refractivity contribution in [2.24, 2.45) is 0 Å². The Bertz CT molecular complexity index is 867. The largest absolute Gasteiger partial charge is 0.325 e. The molecule has 3 rings (SSSR count). The van der Waals surface area contributed by atoms with Gasteiger partial charge < -0.3 is 10.6 Å². The Balaban J connectivity index is 2.35. The molecule has 0 fully saturated rings. The minimum Gasteiger partial charge on any atom is -0.325 e. The molecule has 0 unspecified atom stereocenters. The molecule has 106 valence electrons. The fourth-order valence-electron chi connectivity index (χ4n) is 2.42. The number of carbonyl (C=O) groups excluding carboxylic acids is 2. The van der Waals surface area contributed by atoms with Gasteiger partial charge in [-0.3, -0.25) is 9.59 Å². The third-order valence-electron chi connectivity index (χ3n) is 3.16. The van der Waals surface area contributed by atoms with Gasteiger partial charge in [-0.2, -0.15) is 0 Å². The molecule has 0 saturated carbocycles. The number of nitrogens with one attached hydrogen (secondary N) is 2. The number of thiophene rings is 1. The van der Waals surface area contributed by atoms with Gasteiger partial charge in [0.2, 0.25) is 11.8 Å². The van der Waals surface area contributed by atoms with Gasteiger partial charge in [-0.1, -0.05) is 18.2 Å². The molecular weight excluding hydrogens is 284 g/mol. The minimum atomic E-state index is -0.166. The van der Waals surface area contributed by atoms with E-state index in [1.165, 1.54) is 13.8 Å². The molecule has 21 heavy (non-hydrogen) atoms. The van der Waals surface area contributed by atoms with E-state index in [0.29, 0.717) is 11.4 Å². The van der Waals surface area contributed by atoms with Crippen LogP contribution in [0.5, 0.6) is 0 Å². The number of fused-ring (bicyclic) bond motifs is 3. The summed E-state index contributed by atoms with van der Waals surface area (Å²) in [6.45, 7) is 2.92. The lowest BCUT2D eigenvalue weighted by molar-refractivity contribution is -0.115. The zero-order chi connectivity index (χ0) is 15.0. The van der Waals surface area contributed by atoms with Gasteiger partial charge in [0.15, 0.2) is 0 Å². The molecule has 2 aromatic carbocycles. The molecule has 1 heterocycles. The highest BCUT2D eigenvalue weighted by molar-refractivity contribution is 7.26. The molecule has 3 aromatic rings. The van der Waals surface area contributed by atoms with E-state index in [1.54, 1.807) is 11.3 Å². The van der Waals surface area contributed by atoms with Crippen LogP contribution >= 0.6 is 11.3 Å². The molecule has 4 nitrogen and oxygen atoms in total. The van der Waals surface area contributed by atoms with Gasteiger partial charge in [-0.05, 0) is 18.2 Å². The van der Waals surface area contributed by atoms with Gasteiger partial charge in [0, 0.05) is 34.0 Å². The lowest BCUT2D eigenvalue weighted by Crippen LogP contribution is -2.12. The highest BCUT2D eigenvalue weighted by atomic mass is 32.1. The van der Waals surface area contributed by atoms with E-state index in [-0.39, 0.29) is 11.8 Å². The monoisotopic (exact) mass is 298 g/mol. The standard InChI is InChI=1S/C16H14N2O2S/c1-9(19)17-12-7-8-14-15(16(12)18-10(2)20)11-5-3-4-6-13(11)21-14/h3-8H,1-2H3,(H,17,19)(H,18,20). The Labute approximate surface area is 125 Å². The molecule has 0 atom stereocenters. The summed E-state index contributed by atoms with van der Waals surface area (Å²) >= 11 is 1.67. The van der Waals surface area contributed by atoms with Gasteiger partial charge in [-0.15, -0.1) is 11.3 Å². The van der Waals surface area contributed by atoms with Crippen LogP contribution in [0.4, 0.5) is 11.4 Å². The SMILES string of the molecule is CC(=O)Nc1ccc2sc3ccccc3c2c1NC(C)=O. The first-order valence-electron chi connectivity index (χ1n) is 6.55. The van der Waals surface area contributed by atoms with Crippen molar-refractivity contribution in [3.8, 4) is 0 Å². The van der Waals surface area contributed by atoms with Crippen molar-refractivity contribution < 1.29 is 9.59 Å². The molecule has 0 spiro atoms. The van der Waals surface area contributed by atoms with Crippen LogP contribution in [0.15, 0.2) is 36.4 Å². The van der Waals surface area contributed by atoms with E-state index in [0.717, 1.165) is 20.2 Å². The molecule has 2 N–H and O–H groups in total. The van der Waals surface area contributed by atoms with Crippen LogP contribution in [-0.2, 0) is 9.59 Å². The van der Waals surface area contributed by atoms with Crippen molar-refractivity contribution >= 4 is 54.7 Å². The summed E-state index contributed by atoms with van der Waals surface area (Å²) in [7, 11) is 0. The summed E-state index contributed by atoms with van der Waals surface area (Å²) in [6.07, 6.45) is 0. The molecule has 0 aliphatic rings. The Morgan fingerprint density at radius 3 is 2.33 bits per heavy atom. The summed E-state index contributed by atoms with van der Waals surface area (Å²) in [5, 5.41) is 7.68. The van der Waals surface area contributed by atoms with E-state index in [2.05, 4.69) is 16.7 Å². The molecule has 1 aromatic heterocycles. The van der Waals surface area contributed by atoms with Crippen molar-refractivity contribution in [1.29, 1.82) is 0 Å². The summed E-state index contributed by atoms with van der Waals surface area (Å²) in [4.78, 5) is 22.9. The van der Waals surface area contributed by atoms with Gasteiger partial charge >= 0.3 is 0 Å². The highest BCUT2D eigenvalue weighted by Crippen LogP contribution is 2.41. The van der Waals surface area contributed by atoms with Crippen LogP contribution < -0.4 is 10.6 Å². The number of anilines is 2. The van der Waals surface area contributed by atoms with Gasteiger partial charge in [0.05, 0.1) is 11.4 Å². The topological polar surface area (TPSA) is 58.2 Å². The van der Waals surface area contributed by atoms with Gasteiger partial charge in [0.25, 0.3) is 0 Å². The molecule has 2 amide bonds. The van der Waals surface area contributed by atoms with Crippen LogP contribution in [0.2, 0.25) is 0 Å². The van der Waals surface area contributed by atoms with Crippen molar-refractivity contribution in [3.05, 3.63) is 36.4 Å². The maximum absolute atomic E-state index is 11.5. The minimum absolute atomic E-state index is 0.163. The molecule has 0 bridgehead atoms. The van der Waals surface area contributed by atoms with Crippen LogP contribution in [0, 0.1) is 0 Å². The van der Waals surface area contributed by atoms with Crippen molar-refractivity contribution in [2.75, 3.05) is 10.6 Å². The predicted molar refractivity (Wildman–Crippen MR) is 87.9 cm³/mol. The maximum Gasteiger partial charge on any atom is 0.221 e. The molecule has 0 aliphatic carbocycles. The second kappa shape index (κ2) is 5.18. The van der Waals surface area contributed by atoms with Crippen LogP contribution in [0.25, 0.3) is 20.2 Å². The number of hydrogen-bond donors (Lipinski definition) is 2. The van der Waals surface area contributed by atoms with Crippen LogP contribution in [0.3, 0.4) is 0 Å². The molecule has 0 radical (unpaired) electrons. The Morgan fingerprint density at radius 2 is 1.62 bits per heavy atom. The fourth-order valence-corrected chi connectivity index (χ4v) is 3.53. The summed E-state index contributed by atoms with van der Waals surface area (Å²) in [5.74, 6) is -0.329. The first kappa shape index (κ1) is 13.6. The van der Waals surface area contributed by atoms with Gasteiger partial charge in [-0.25, -0.2) is 0 Å². The van der Waals surface area contributed by atoms with E-state index >= 15 is 0 Å². The number of amides is 2. The highest BCUT2D eigenvalue weighted by Gasteiger charge is 2.14. The predicted octanol–water partition coefficient (Wildman–Crippen LogP) is 3.97. The average Bonchev–Trinajstić information content (AvgIpc) is 2.79. The third-order valence-corrected chi connectivity index (χ3v) is 4.29. The third kappa shape index (κ3) is 2.48. The number of hydrogen-bond acceptors (Lipinski definition) is 3. The quantitative estimate of drug-likeness (QED) is 0.752. The number of carbonyl (C=O) groups is 2. The Hall–Kier alpha value is -2.40. The number of rotatable bonds is 2. The second-order valence-electron chi connectivity index (χ2n) is 4.82. The summed E-state index contributed by atoms with van der Waals surface area (Å²) in [6, 6.07) is 11.8. The fraction of sp³-hybridized carbons (Fsp3) is 0.125. The smallest absolute Gasteiger partial charge is 0.221 e. The van der Waals surface area contributed by atoms with E-state index in [9.17, 15) is 9.59 Å².